The number of rotatable bonds is 7. The van der Waals surface area contributed by atoms with Gasteiger partial charge in [0.25, 0.3) is 0 Å². The summed E-state index contributed by atoms with van der Waals surface area (Å²) < 4.78 is 5.37. The fourth-order valence-electron chi connectivity index (χ4n) is 2.28. The molecule has 0 saturated carbocycles. The third kappa shape index (κ3) is 4.23. The molecule has 1 aliphatic heterocycles. The Kier molecular flexibility index (Phi) is 5.74. The number of unbranched alkanes of at least 4 members (excludes halogenated alkanes) is 3. The van der Waals surface area contributed by atoms with Crippen LogP contribution in [0.4, 0.5) is 0 Å². The second-order valence-corrected chi connectivity index (χ2v) is 4.63. The van der Waals surface area contributed by atoms with E-state index in [2.05, 4.69) is 13.8 Å². The van der Waals surface area contributed by atoms with Crippen LogP contribution in [0.2, 0.25) is 0 Å². The quantitative estimate of drug-likeness (QED) is 0.475. The average Bonchev–Trinajstić information content (AvgIpc) is 2.55. The van der Waals surface area contributed by atoms with Crippen molar-refractivity contribution >= 4 is 5.97 Å². The summed E-state index contributed by atoms with van der Waals surface area (Å²) in [6.45, 7) is 4.34. The smallest absolute Gasteiger partial charge is 0.309 e. The highest BCUT2D eigenvalue weighted by Crippen LogP contribution is 2.28. The minimum absolute atomic E-state index is 0.0531. The van der Waals surface area contributed by atoms with E-state index in [1.807, 2.05) is 0 Å². The van der Waals surface area contributed by atoms with Gasteiger partial charge in [-0.3, -0.25) is 4.79 Å². The van der Waals surface area contributed by atoms with Gasteiger partial charge in [-0.15, -0.1) is 0 Å². The van der Waals surface area contributed by atoms with Crippen LogP contribution in [0.1, 0.15) is 65.2 Å². The molecule has 0 aliphatic carbocycles. The summed E-state index contributed by atoms with van der Waals surface area (Å²) in [5.41, 5.74) is 0. The molecule has 1 saturated heterocycles. The van der Waals surface area contributed by atoms with Gasteiger partial charge in [0.15, 0.2) is 0 Å². The van der Waals surface area contributed by atoms with E-state index in [9.17, 15) is 4.79 Å². The summed E-state index contributed by atoms with van der Waals surface area (Å²) in [7, 11) is 0. The van der Waals surface area contributed by atoms with Gasteiger partial charge in [-0.2, -0.15) is 0 Å². The van der Waals surface area contributed by atoms with Crippen LogP contribution in [0.15, 0.2) is 0 Å². The van der Waals surface area contributed by atoms with E-state index in [0.717, 1.165) is 25.7 Å². The second-order valence-electron chi connectivity index (χ2n) is 4.63. The van der Waals surface area contributed by atoms with E-state index in [1.165, 1.54) is 25.7 Å². The average molecular weight is 212 g/mol. The molecule has 1 fully saturated rings. The van der Waals surface area contributed by atoms with Crippen molar-refractivity contribution in [2.24, 2.45) is 5.92 Å². The van der Waals surface area contributed by atoms with Crippen LogP contribution >= 0.6 is 0 Å². The number of esters is 1. The number of carbonyl (C=O) groups is 1. The molecule has 0 amide bonds. The Morgan fingerprint density at radius 3 is 2.60 bits per heavy atom. The Morgan fingerprint density at radius 2 is 1.93 bits per heavy atom. The van der Waals surface area contributed by atoms with Crippen LogP contribution < -0.4 is 0 Å². The molecular weight excluding hydrogens is 188 g/mol. The lowest BCUT2D eigenvalue weighted by molar-refractivity contribution is -0.144. The van der Waals surface area contributed by atoms with Crippen molar-refractivity contribution in [3.05, 3.63) is 0 Å². The molecule has 1 rings (SSSR count). The number of ether oxygens (including phenoxy) is 1. The van der Waals surface area contributed by atoms with Crippen molar-refractivity contribution < 1.29 is 9.53 Å². The van der Waals surface area contributed by atoms with Gasteiger partial charge < -0.3 is 4.74 Å². The van der Waals surface area contributed by atoms with Crippen molar-refractivity contribution in [3.8, 4) is 0 Å². The Balaban J connectivity index is 2.14. The maximum atomic E-state index is 11.4. The molecule has 0 aromatic rings. The van der Waals surface area contributed by atoms with Gasteiger partial charge in [0, 0.05) is 0 Å². The third-order valence-electron chi connectivity index (χ3n) is 3.18. The first-order valence-corrected chi connectivity index (χ1v) is 6.48. The van der Waals surface area contributed by atoms with Crippen molar-refractivity contribution in [2.75, 3.05) is 0 Å². The summed E-state index contributed by atoms with van der Waals surface area (Å²) in [5.74, 6) is 0.253. The molecule has 1 aliphatic rings. The fraction of sp³-hybridized carbons (Fsp3) is 0.923. The normalized spacial score (nSPS) is 25.6. The summed E-state index contributed by atoms with van der Waals surface area (Å²) in [6.07, 6.45) is 9.43. The van der Waals surface area contributed by atoms with Gasteiger partial charge in [-0.25, -0.2) is 0 Å². The lowest BCUT2D eigenvalue weighted by atomic mass is 9.97. The van der Waals surface area contributed by atoms with Crippen molar-refractivity contribution in [1.29, 1.82) is 0 Å². The summed E-state index contributed by atoms with van der Waals surface area (Å²) in [5, 5.41) is 0. The predicted octanol–water partition coefficient (Wildman–Crippen LogP) is 3.69. The van der Waals surface area contributed by atoms with Crippen molar-refractivity contribution in [3.63, 3.8) is 0 Å². The maximum Gasteiger partial charge on any atom is 0.309 e. The zero-order chi connectivity index (χ0) is 11.1. The minimum Gasteiger partial charge on any atom is -0.462 e. The van der Waals surface area contributed by atoms with Crippen LogP contribution in [0.3, 0.4) is 0 Å². The van der Waals surface area contributed by atoms with Crippen molar-refractivity contribution in [1.82, 2.24) is 0 Å². The zero-order valence-corrected chi connectivity index (χ0v) is 10.1. The monoisotopic (exact) mass is 212 g/mol. The van der Waals surface area contributed by atoms with Gasteiger partial charge in [-0.05, 0) is 25.7 Å². The van der Waals surface area contributed by atoms with Crippen LogP contribution in [0.25, 0.3) is 0 Å². The van der Waals surface area contributed by atoms with Crippen LogP contribution in [-0.2, 0) is 9.53 Å². The molecule has 0 radical (unpaired) electrons. The van der Waals surface area contributed by atoms with Gasteiger partial charge in [0.1, 0.15) is 6.10 Å². The number of cyclic esters (lactones) is 1. The van der Waals surface area contributed by atoms with Gasteiger partial charge in [-0.1, -0.05) is 39.5 Å². The van der Waals surface area contributed by atoms with E-state index in [4.69, 9.17) is 4.74 Å². The summed E-state index contributed by atoms with van der Waals surface area (Å²) >= 11 is 0. The molecule has 0 bridgehead atoms. The van der Waals surface area contributed by atoms with E-state index < -0.39 is 0 Å². The molecule has 15 heavy (non-hydrogen) atoms. The second kappa shape index (κ2) is 6.86. The molecule has 0 spiro atoms. The van der Waals surface area contributed by atoms with Gasteiger partial charge in [0.2, 0.25) is 0 Å². The fourth-order valence-corrected chi connectivity index (χ4v) is 2.28. The molecule has 2 heteroatoms. The number of hydrogen-bond donors (Lipinski definition) is 0. The van der Waals surface area contributed by atoms with Crippen LogP contribution in [-0.4, -0.2) is 12.1 Å². The molecular formula is C13H24O2. The van der Waals surface area contributed by atoms with E-state index in [1.54, 1.807) is 0 Å². The first-order valence-electron chi connectivity index (χ1n) is 6.48. The van der Waals surface area contributed by atoms with Crippen LogP contribution in [0.5, 0.6) is 0 Å². The minimum atomic E-state index is 0.0531. The SMILES string of the molecule is CCCCCCC1CC(CCC)C(=O)O1. The first-order chi connectivity index (χ1) is 7.27. The van der Waals surface area contributed by atoms with Crippen LogP contribution in [0, 0.1) is 5.92 Å². The summed E-state index contributed by atoms with van der Waals surface area (Å²) in [4.78, 5) is 11.4. The predicted molar refractivity (Wildman–Crippen MR) is 61.7 cm³/mol. The number of carbonyl (C=O) groups excluding carboxylic acids is 1. The highest BCUT2D eigenvalue weighted by atomic mass is 16.5. The Morgan fingerprint density at radius 1 is 1.13 bits per heavy atom. The van der Waals surface area contributed by atoms with Gasteiger partial charge in [0.05, 0.1) is 5.92 Å². The highest BCUT2D eigenvalue weighted by molar-refractivity contribution is 5.74. The molecule has 0 N–H and O–H groups in total. The zero-order valence-electron chi connectivity index (χ0n) is 10.1. The third-order valence-corrected chi connectivity index (χ3v) is 3.18. The van der Waals surface area contributed by atoms with Gasteiger partial charge >= 0.3 is 5.97 Å². The molecule has 2 atom stereocenters. The topological polar surface area (TPSA) is 26.3 Å². The molecule has 0 aromatic carbocycles. The molecule has 0 aromatic heterocycles. The standard InChI is InChI=1S/C13H24O2/c1-3-5-6-7-9-12-10-11(8-4-2)13(14)15-12/h11-12H,3-10H2,1-2H3. The lowest BCUT2D eigenvalue weighted by Crippen LogP contribution is -2.07. The lowest BCUT2D eigenvalue weighted by Gasteiger charge is -2.07. The largest absolute Gasteiger partial charge is 0.462 e. The molecule has 1 heterocycles. The Labute approximate surface area is 93.4 Å². The first kappa shape index (κ1) is 12.5. The van der Waals surface area contributed by atoms with E-state index in [-0.39, 0.29) is 18.0 Å². The summed E-state index contributed by atoms with van der Waals surface area (Å²) in [6, 6.07) is 0. The maximum absolute atomic E-state index is 11.4. The Bertz CT molecular complexity index is 189. The molecule has 2 unspecified atom stereocenters. The highest BCUT2D eigenvalue weighted by Gasteiger charge is 2.32. The van der Waals surface area contributed by atoms with E-state index in [0.29, 0.717) is 0 Å². The van der Waals surface area contributed by atoms with E-state index >= 15 is 0 Å². The molecule has 2 nitrogen and oxygen atoms in total. The van der Waals surface area contributed by atoms with Crippen molar-refractivity contribution in [2.45, 2.75) is 71.3 Å². The Hall–Kier alpha value is -0.530. The molecule has 88 valence electrons. The number of hydrogen-bond acceptors (Lipinski definition) is 2.